The molecule has 0 aliphatic heterocycles. The van der Waals surface area contributed by atoms with Crippen LogP contribution in [0.15, 0.2) is 24.3 Å². The van der Waals surface area contributed by atoms with Gasteiger partial charge in [-0.25, -0.2) is 0 Å². The molecular formula is C16H23NO6. The van der Waals surface area contributed by atoms with Crippen molar-refractivity contribution in [2.24, 2.45) is 0 Å². The number of hydrogen-bond acceptors (Lipinski definition) is 6. The van der Waals surface area contributed by atoms with E-state index in [1.165, 1.54) is 13.8 Å². The minimum absolute atomic E-state index is 0.0167. The van der Waals surface area contributed by atoms with Crippen LogP contribution in [0.2, 0.25) is 0 Å². The highest BCUT2D eigenvalue weighted by molar-refractivity contribution is 5.66. The highest BCUT2D eigenvalue weighted by atomic mass is 16.6. The van der Waals surface area contributed by atoms with E-state index >= 15 is 0 Å². The van der Waals surface area contributed by atoms with Crippen LogP contribution in [0.5, 0.6) is 5.75 Å². The second-order valence-electron chi connectivity index (χ2n) is 5.20. The van der Waals surface area contributed by atoms with E-state index in [1.54, 1.807) is 25.3 Å². The van der Waals surface area contributed by atoms with Crippen LogP contribution in [0.25, 0.3) is 0 Å². The number of quaternary nitrogens is 1. The number of hydroxylamine groups is 3. The minimum Gasteiger partial charge on any atom is -0.632 e. The monoisotopic (exact) mass is 325 g/mol. The Morgan fingerprint density at radius 3 is 2.13 bits per heavy atom. The summed E-state index contributed by atoms with van der Waals surface area (Å²) in [6.07, 6.45) is 0. The van der Waals surface area contributed by atoms with Crippen molar-refractivity contribution in [1.29, 1.82) is 0 Å². The molecule has 0 spiro atoms. The Bertz CT molecular complexity index is 511. The summed E-state index contributed by atoms with van der Waals surface area (Å²) in [5.74, 6) is -0.204. The number of hydrogen-bond donors (Lipinski definition) is 0. The van der Waals surface area contributed by atoms with Gasteiger partial charge in [0.1, 0.15) is 38.6 Å². The van der Waals surface area contributed by atoms with Gasteiger partial charge in [0.25, 0.3) is 0 Å². The highest BCUT2D eigenvalue weighted by Crippen LogP contribution is 2.18. The Balaban J connectivity index is 2.74. The van der Waals surface area contributed by atoms with Gasteiger partial charge in [0.05, 0.1) is 7.11 Å². The number of ether oxygens (including phenoxy) is 3. The third-order valence-electron chi connectivity index (χ3n) is 3.21. The van der Waals surface area contributed by atoms with Crippen molar-refractivity contribution in [3.05, 3.63) is 35.0 Å². The fourth-order valence-corrected chi connectivity index (χ4v) is 2.08. The van der Waals surface area contributed by atoms with Crippen LogP contribution < -0.4 is 4.74 Å². The van der Waals surface area contributed by atoms with E-state index in [1.807, 2.05) is 6.07 Å². The van der Waals surface area contributed by atoms with Crippen LogP contribution >= 0.6 is 0 Å². The fraction of sp³-hybridized carbons (Fsp3) is 0.500. The first-order chi connectivity index (χ1) is 10.8. The lowest BCUT2D eigenvalue weighted by atomic mass is 10.2. The van der Waals surface area contributed by atoms with Crippen molar-refractivity contribution < 1.29 is 28.4 Å². The van der Waals surface area contributed by atoms with Crippen molar-refractivity contribution in [2.75, 3.05) is 33.4 Å². The molecule has 0 aliphatic carbocycles. The molecule has 0 aliphatic rings. The Hall–Kier alpha value is -2.12. The molecule has 0 radical (unpaired) electrons. The SMILES string of the molecule is COc1cccc(C[N+]([O-])(CCOC(C)=O)CCOC(C)=O)c1. The van der Waals surface area contributed by atoms with Crippen molar-refractivity contribution in [3.63, 3.8) is 0 Å². The Morgan fingerprint density at radius 2 is 1.65 bits per heavy atom. The summed E-state index contributed by atoms with van der Waals surface area (Å²) < 4.78 is 14.2. The Labute approximate surface area is 135 Å². The molecule has 0 aromatic heterocycles. The zero-order valence-corrected chi connectivity index (χ0v) is 13.7. The molecule has 1 aromatic carbocycles. The standard InChI is InChI=1S/C16H23NO6/c1-13(18)22-9-7-17(20,8-10-23-14(2)19)12-15-5-4-6-16(11-15)21-3/h4-6,11H,7-10,12H2,1-3H3. The van der Waals surface area contributed by atoms with E-state index in [2.05, 4.69) is 0 Å². The first-order valence-corrected chi connectivity index (χ1v) is 7.31. The topological polar surface area (TPSA) is 84.9 Å². The van der Waals surface area contributed by atoms with E-state index in [0.29, 0.717) is 5.75 Å². The summed E-state index contributed by atoms with van der Waals surface area (Å²) >= 11 is 0. The van der Waals surface area contributed by atoms with Gasteiger partial charge in [-0.2, -0.15) is 0 Å². The average Bonchev–Trinajstić information content (AvgIpc) is 2.46. The first kappa shape index (κ1) is 18.9. The molecule has 0 saturated carbocycles. The van der Waals surface area contributed by atoms with Gasteiger partial charge in [0, 0.05) is 19.4 Å². The maximum Gasteiger partial charge on any atom is 0.302 e. The van der Waals surface area contributed by atoms with Crippen LogP contribution in [0.4, 0.5) is 0 Å². The summed E-state index contributed by atoms with van der Waals surface area (Å²) in [5, 5.41) is 12.9. The quantitative estimate of drug-likeness (QED) is 0.390. The van der Waals surface area contributed by atoms with E-state index < -0.39 is 16.6 Å². The Kier molecular flexibility index (Phi) is 7.50. The molecule has 0 atom stereocenters. The van der Waals surface area contributed by atoms with Crippen LogP contribution in [0.1, 0.15) is 19.4 Å². The van der Waals surface area contributed by atoms with Crippen LogP contribution in [-0.2, 0) is 25.6 Å². The molecule has 0 fully saturated rings. The maximum atomic E-state index is 12.9. The third-order valence-corrected chi connectivity index (χ3v) is 3.21. The maximum absolute atomic E-state index is 12.9. The zero-order chi connectivity index (χ0) is 17.3. The molecule has 0 unspecified atom stereocenters. The van der Waals surface area contributed by atoms with E-state index in [4.69, 9.17) is 14.2 Å². The summed E-state index contributed by atoms with van der Waals surface area (Å²) in [4.78, 5) is 21.7. The highest BCUT2D eigenvalue weighted by Gasteiger charge is 2.19. The number of benzene rings is 1. The summed E-state index contributed by atoms with van der Waals surface area (Å²) in [6.45, 7) is 2.95. The summed E-state index contributed by atoms with van der Waals surface area (Å²) in [7, 11) is 1.56. The summed E-state index contributed by atoms with van der Waals surface area (Å²) in [5.41, 5.74) is 0.796. The minimum atomic E-state index is -0.659. The second kappa shape index (κ2) is 9.12. The van der Waals surface area contributed by atoms with E-state index in [-0.39, 0.29) is 32.8 Å². The number of methoxy groups -OCH3 is 1. The summed E-state index contributed by atoms with van der Waals surface area (Å²) in [6, 6.07) is 7.20. The molecule has 0 saturated heterocycles. The lowest BCUT2D eigenvalue weighted by Crippen LogP contribution is -2.46. The molecule has 23 heavy (non-hydrogen) atoms. The second-order valence-corrected chi connectivity index (χ2v) is 5.20. The third kappa shape index (κ3) is 7.62. The molecule has 128 valence electrons. The number of carbonyl (C=O) groups is 2. The van der Waals surface area contributed by atoms with Gasteiger partial charge >= 0.3 is 11.9 Å². The number of nitrogens with zero attached hydrogens (tertiary/aromatic N) is 1. The van der Waals surface area contributed by atoms with Crippen molar-refractivity contribution in [1.82, 2.24) is 0 Å². The number of rotatable bonds is 9. The van der Waals surface area contributed by atoms with Crippen molar-refractivity contribution in [2.45, 2.75) is 20.4 Å². The molecule has 7 heteroatoms. The molecule has 7 nitrogen and oxygen atoms in total. The predicted octanol–water partition coefficient (Wildman–Crippen LogP) is 1.64. The number of carbonyl (C=O) groups excluding carboxylic acids is 2. The average molecular weight is 325 g/mol. The van der Waals surface area contributed by atoms with E-state index in [9.17, 15) is 14.8 Å². The van der Waals surface area contributed by atoms with Gasteiger partial charge in [-0.05, 0) is 12.1 Å². The van der Waals surface area contributed by atoms with Gasteiger partial charge in [-0.15, -0.1) is 0 Å². The molecule has 1 rings (SSSR count). The fourth-order valence-electron chi connectivity index (χ4n) is 2.08. The van der Waals surface area contributed by atoms with E-state index in [0.717, 1.165) is 5.56 Å². The van der Waals surface area contributed by atoms with Gasteiger partial charge in [0.15, 0.2) is 0 Å². The molecular weight excluding hydrogens is 302 g/mol. The predicted molar refractivity (Wildman–Crippen MR) is 83.3 cm³/mol. The number of esters is 2. The molecule has 0 heterocycles. The first-order valence-electron chi connectivity index (χ1n) is 7.31. The zero-order valence-electron chi connectivity index (χ0n) is 13.7. The van der Waals surface area contributed by atoms with Gasteiger partial charge in [-0.1, -0.05) is 12.1 Å². The normalized spacial score (nSPS) is 11.0. The van der Waals surface area contributed by atoms with Crippen molar-refractivity contribution in [3.8, 4) is 5.75 Å². The van der Waals surface area contributed by atoms with Gasteiger partial charge in [-0.3, -0.25) is 9.59 Å². The lowest BCUT2D eigenvalue weighted by molar-refractivity contribution is -0.894. The molecule has 1 aromatic rings. The van der Waals surface area contributed by atoms with Crippen LogP contribution in [0, 0.1) is 5.21 Å². The van der Waals surface area contributed by atoms with Crippen LogP contribution in [-0.4, -0.2) is 50.0 Å². The molecule has 0 N–H and O–H groups in total. The van der Waals surface area contributed by atoms with Gasteiger partial charge in [0.2, 0.25) is 0 Å². The lowest BCUT2D eigenvalue weighted by Gasteiger charge is -2.42. The largest absolute Gasteiger partial charge is 0.632 e. The van der Waals surface area contributed by atoms with Crippen molar-refractivity contribution >= 4 is 11.9 Å². The Morgan fingerprint density at radius 1 is 1.09 bits per heavy atom. The molecule has 0 amide bonds. The van der Waals surface area contributed by atoms with Gasteiger partial charge < -0.3 is 24.1 Å². The van der Waals surface area contributed by atoms with Crippen LogP contribution in [0.3, 0.4) is 0 Å². The molecule has 0 bridgehead atoms. The smallest absolute Gasteiger partial charge is 0.302 e.